The number of hydrogen-bond donors (Lipinski definition) is 1. The highest BCUT2D eigenvalue weighted by Crippen LogP contribution is 2.27. The van der Waals surface area contributed by atoms with Gasteiger partial charge < -0.3 is 10.1 Å². The van der Waals surface area contributed by atoms with Crippen molar-refractivity contribution < 1.29 is 14.3 Å². The molecule has 2 aromatic carbocycles. The van der Waals surface area contributed by atoms with Gasteiger partial charge in [0.15, 0.2) is 5.54 Å². The normalized spacial score (nSPS) is 13.0. The lowest BCUT2D eigenvalue weighted by atomic mass is 9.86. The lowest BCUT2D eigenvalue weighted by Crippen LogP contribution is -2.52. The standard InChI is InChI=1S/C19H21NO3/c1-3-19(18(22)23-4-2,16-13-9-6-10-14-16)20-17(21)15-11-7-5-8-12-15/h5-14H,3-4H2,1-2H3,(H,20,21)/t19-/m1/s1. The van der Waals surface area contributed by atoms with E-state index < -0.39 is 11.5 Å². The second-order valence-corrected chi connectivity index (χ2v) is 5.17. The van der Waals surface area contributed by atoms with E-state index in [1.807, 2.05) is 43.3 Å². The van der Waals surface area contributed by atoms with Gasteiger partial charge in [0.2, 0.25) is 0 Å². The largest absolute Gasteiger partial charge is 0.464 e. The molecule has 0 aliphatic heterocycles. The van der Waals surface area contributed by atoms with Gasteiger partial charge in [-0.25, -0.2) is 4.79 Å². The molecule has 23 heavy (non-hydrogen) atoms. The molecule has 0 saturated carbocycles. The van der Waals surface area contributed by atoms with Crippen molar-refractivity contribution >= 4 is 11.9 Å². The topological polar surface area (TPSA) is 55.4 Å². The van der Waals surface area contributed by atoms with Gasteiger partial charge in [-0.2, -0.15) is 0 Å². The van der Waals surface area contributed by atoms with Crippen LogP contribution in [0.1, 0.15) is 36.2 Å². The van der Waals surface area contributed by atoms with E-state index in [4.69, 9.17) is 4.74 Å². The van der Waals surface area contributed by atoms with E-state index in [9.17, 15) is 9.59 Å². The van der Waals surface area contributed by atoms with Crippen molar-refractivity contribution in [2.45, 2.75) is 25.8 Å². The van der Waals surface area contributed by atoms with Gasteiger partial charge in [-0.3, -0.25) is 4.79 Å². The third-order valence-electron chi connectivity index (χ3n) is 3.78. The Labute approximate surface area is 136 Å². The highest BCUT2D eigenvalue weighted by molar-refractivity contribution is 5.98. The third-order valence-corrected chi connectivity index (χ3v) is 3.78. The molecule has 0 unspecified atom stereocenters. The number of nitrogens with one attached hydrogen (secondary N) is 1. The summed E-state index contributed by atoms with van der Waals surface area (Å²) in [6.07, 6.45) is 0.397. The molecule has 4 nitrogen and oxygen atoms in total. The summed E-state index contributed by atoms with van der Waals surface area (Å²) in [5, 5.41) is 2.88. The smallest absolute Gasteiger partial charge is 0.336 e. The van der Waals surface area contributed by atoms with Crippen LogP contribution in [-0.4, -0.2) is 18.5 Å². The van der Waals surface area contributed by atoms with Crippen molar-refractivity contribution in [3.8, 4) is 0 Å². The predicted molar refractivity (Wildman–Crippen MR) is 89.0 cm³/mol. The summed E-state index contributed by atoms with van der Waals surface area (Å²) in [6, 6.07) is 18.0. The van der Waals surface area contributed by atoms with Crippen LogP contribution in [0.2, 0.25) is 0 Å². The number of carbonyl (C=O) groups is 2. The second kappa shape index (κ2) is 7.58. The van der Waals surface area contributed by atoms with E-state index in [1.54, 1.807) is 31.2 Å². The van der Waals surface area contributed by atoms with Crippen molar-refractivity contribution in [2.75, 3.05) is 6.61 Å². The molecular formula is C19H21NO3. The van der Waals surface area contributed by atoms with Gasteiger partial charge >= 0.3 is 5.97 Å². The fraction of sp³-hybridized carbons (Fsp3) is 0.263. The molecule has 2 rings (SSSR count). The van der Waals surface area contributed by atoms with Gasteiger partial charge in [-0.15, -0.1) is 0 Å². The lowest BCUT2D eigenvalue weighted by molar-refractivity contribution is -0.151. The molecule has 0 bridgehead atoms. The molecule has 0 aromatic heterocycles. The zero-order valence-electron chi connectivity index (χ0n) is 13.4. The van der Waals surface area contributed by atoms with Crippen LogP contribution < -0.4 is 5.32 Å². The molecule has 1 amide bonds. The predicted octanol–water partition coefficient (Wildman–Crippen LogP) is 3.29. The number of ether oxygens (including phenoxy) is 1. The molecular weight excluding hydrogens is 290 g/mol. The van der Waals surface area contributed by atoms with Crippen LogP contribution >= 0.6 is 0 Å². The van der Waals surface area contributed by atoms with Gasteiger partial charge in [-0.1, -0.05) is 55.5 Å². The average Bonchev–Trinajstić information content (AvgIpc) is 2.61. The molecule has 0 aliphatic carbocycles. The first kappa shape index (κ1) is 16.7. The maximum absolute atomic E-state index is 12.6. The van der Waals surface area contributed by atoms with Crippen molar-refractivity contribution in [3.63, 3.8) is 0 Å². The Kier molecular flexibility index (Phi) is 5.52. The number of hydrogen-bond acceptors (Lipinski definition) is 3. The molecule has 0 saturated heterocycles. The molecule has 0 radical (unpaired) electrons. The summed E-state index contributed by atoms with van der Waals surface area (Å²) in [5.74, 6) is -0.748. The van der Waals surface area contributed by atoms with E-state index in [1.165, 1.54) is 0 Å². The first-order chi connectivity index (χ1) is 11.1. The highest BCUT2D eigenvalue weighted by atomic mass is 16.5. The molecule has 4 heteroatoms. The molecule has 0 spiro atoms. The van der Waals surface area contributed by atoms with Gasteiger partial charge in [0.25, 0.3) is 5.91 Å². The number of esters is 1. The monoisotopic (exact) mass is 311 g/mol. The van der Waals surface area contributed by atoms with Crippen molar-refractivity contribution in [1.82, 2.24) is 5.32 Å². The maximum atomic E-state index is 12.6. The minimum Gasteiger partial charge on any atom is -0.464 e. The first-order valence-corrected chi connectivity index (χ1v) is 7.74. The Bertz CT molecular complexity index is 655. The Morgan fingerprint density at radius 3 is 2.04 bits per heavy atom. The zero-order chi connectivity index (χ0) is 16.7. The number of benzene rings is 2. The fourth-order valence-corrected chi connectivity index (χ4v) is 2.51. The zero-order valence-corrected chi connectivity index (χ0v) is 13.4. The summed E-state index contributed by atoms with van der Waals surface area (Å²) >= 11 is 0. The van der Waals surface area contributed by atoms with Gasteiger partial charge in [0.1, 0.15) is 0 Å². The van der Waals surface area contributed by atoms with Crippen molar-refractivity contribution in [3.05, 3.63) is 71.8 Å². The van der Waals surface area contributed by atoms with Crippen LogP contribution in [0.15, 0.2) is 60.7 Å². The van der Waals surface area contributed by atoms with Crippen LogP contribution in [0.25, 0.3) is 0 Å². The van der Waals surface area contributed by atoms with Gasteiger partial charge in [0, 0.05) is 5.56 Å². The molecule has 1 N–H and O–H groups in total. The minimum atomic E-state index is -1.19. The number of amides is 1. The lowest BCUT2D eigenvalue weighted by Gasteiger charge is -2.32. The maximum Gasteiger partial charge on any atom is 0.336 e. The Balaban J connectivity index is 2.41. The van der Waals surface area contributed by atoms with E-state index in [2.05, 4.69) is 5.32 Å². The van der Waals surface area contributed by atoms with Crippen LogP contribution in [0.4, 0.5) is 0 Å². The molecule has 2 aromatic rings. The molecule has 0 fully saturated rings. The Morgan fingerprint density at radius 1 is 0.957 bits per heavy atom. The summed E-state index contributed by atoms with van der Waals surface area (Å²) in [5.41, 5.74) is 0.0280. The Hall–Kier alpha value is -2.62. The fourth-order valence-electron chi connectivity index (χ4n) is 2.51. The highest BCUT2D eigenvalue weighted by Gasteiger charge is 2.41. The molecule has 0 aliphatic rings. The summed E-state index contributed by atoms with van der Waals surface area (Å²) in [4.78, 5) is 25.2. The van der Waals surface area contributed by atoms with Gasteiger partial charge in [0.05, 0.1) is 6.61 Å². The van der Waals surface area contributed by atoms with E-state index in [0.717, 1.165) is 0 Å². The SMILES string of the molecule is CCOC(=O)[C@](CC)(NC(=O)c1ccccc1)c1ccccc1. The van der Waals surface area contributed by atoms with Crippen molar-refractivity contribution in [2.24, 2.45) is 0 Å². The third kappa shape index (κ3) is 3.59. The molecule has 120 valence electrons. The molecule has 0 heterocycles. The van der Waals surface area contributed by atoms with E-state index >= 15 is 0 Å². The van der Waals surface area contributed by atoms with E-state index in [0.29, 0.717) is 17.5 Å². The summed E-state index contributed by atoms with van der Waals surface area (Å²) in [6.45, 7) is 3.87. The summed E-state index contributed by atoms with van der Waals surface area (Å²) in [7, 11) is 0. The summed E-state index contributed by atoms with van der Waals surface area (Å²) < 4.78 is 5.24. The number of carbonyl (C=O) groups excluding carboxylic acids is 2. The Morgan fingerprint density at radius 2 is 1.52 bits per heavy atom. The quantitative estimate of drug-likeness (QED) is 0.833. The average molecular weight is 311 g/mol. The second-order valence-electron chi connectivity index (χ2n) is 5.17. The van der Waals surface area contributed by atoms with Crippen LogP contribution in [0, 0.1) is 0 Å². The number of rotatable bonds is 6. The first-order valence-electron chi connectivity index (χ1n) is 7.74. The van der Waals surface area contributed by atoms with Crippen molar-refractivity contribution in [1.29, 1.82) is 0 Å². The van der Waals surface area contributed by atoms with Crippen LogP contribution in [-0.2, 0) is 15.1 Å². The van der Waals surface area contributed by atoms with Gasteiger partial charge in [-0.05, 0) is 31.0 Å². The molecule has 1 atom stereocenters. The van der Waals surface area contributed by atoms with E-state index in [-0.39, 0.29) is 12.5 Å². The minimum absolute atomic E-state index is 0.259. The van der Waals surface area contributed by atoms with Crippen LogP contribution in [0.5, 0.6) is 0 Å². The van der Waals surface area contributed by atoms with Crippen LogP contribution in [0.3, 0.4) is 0 Å².